The lowest BCUT2D eigenvalue weighted by Gasteiger charge is -2.13. The van der Waals surface area contributed by atoms with Crippen LogP contribution >= 0.6 is 0 Å². The van der Waals surface area contributed by atoms with Gasteiger partial charge in [-0.15, -0.1) is 6.58 Å². The molecule has 3 heteroatoms. The van der Waals surface area contributed by atoms with Gasteiger partial charge < -0.3 is 4.74 Å². The van der Waals surface area contributed by atoms with E-state index in [0.29, 0.717) is 6.54 Å². The average molecular weight is 230 g/mol. The van der Waals surface area contributed by atoms with Gasteiger partial charge in [0.1, 0.15) is 11.8 Å². The lowest BCUT2D eigenvalue weighted by Crippen LogP contribution is -2.19. The summed E-state index contributed by atoms with van der Waals surface area (Å²) < 4.78 is 5.54. The van der Waals surface area contributed by atoms with Gasteiger partial charge in [-0.3, -0.25) is 5.32 Å². The van der Waals surface area contributed by atoms with Gasteiger partial charge in [0.15, 0.2) is 0 Å². The molecule has 0 aliphatic rings. The van der Waals surface area contributed by atoms with E-state index in [4.69, 9.17) is 10.00 Å². The molecule has 1 aromatic rings. The number of nitriles is 1. The first-order valence-electron chi connectivity index (χ1n) is 5.68. The summed E-state index contributed by atoms with van der Waals surface area (Å²) in [6.07, 6.45) is 1.90. The zero-order valence-corrected chi connectivity index (χ0v) is 10.3. The number of nitrogens with one attached hydrogen (secondary N) is 1. The molecular formula is C14H18N2O. The van der Waals surface area contributed by atoms with Crippen molar-refractivity contribution in [3.63, 3.8) is 0 Å². The number of hydrogen-bond donors (Lipinski definition) is 1. The van der Waals surface area contributed by atoms with Crippen LogP contribution in [-0.2, 0) is 0 Å². The monoisotopic (exact) mass is 230 g/mol. The molecule has 0 bridgehead atoms. The van der Waals surface area contributed by atoms with Crippen LogP contribution in [-0.4, -0.2) is 12.6 Å². The predicted molar refractivity (Wildman–Crippen MR) is 68.8 cm³/mol. The SMILES string of the molecule is C=CCNC(C#N)c1ccc(OC(C)C)cc1. The highest BCUT2D eigenvalue weighted by Gasteiger charge is 2.08. The topological polar surface area (TPSA) is 45.0 Å². The van der Waals surface area contributed by atoms with E-state index in [9.17, 15) is 0 Å². The Labute approximate surface area is 103 Å². The molecule has 0 aliphatic carbocycles. The van der Waals surface area contributed by atoms with Crippen LogP contribution in [0.25, 0.3) is 0 Å². The Hall–Kier alpha value is -1.79. The minimum atomic E-state index is -0.305. The molecule has 1 N–H and O–H groups in total. The molecule has 0 heterocycles. The molecular weight excluding hydrogens is 212 g/mol. The van der Waals surface area contributed by atoms with Crippen LogP contribution < -0.4 is 10.1 Å². The Morgan fingerprint density at radius 2 is 2.06 bits per heavy atom. The van der Waals surface area contributed by atoms with Crippen LogP contribution in [0.5, 0.6) is 5.75 Å². The van der Waals surface area contributed by atoms with E-state index >= 15 is 0 Å². The first-order valence-corrected chi connectivity index (χ1v) is 5.68. The fourth-order valence-corrected chi connectivity index (χ4v) is 1.45. The summed E-state index contributed by atoms with van der Waals surface area (Å²) in [6.45, 7) is 8.20. The van der Waals surface area contributed by atoms with E-state index < -0.39 is 0 Å². The Balaban J connectivity index is 2.71. The highest BCUT2D eigenvalue weighted by molar-refractivity contribution is 5.31. The summed E-state index contributed by atoms with van der Waals surface area (Å²) >= 11 is 0. The van der Waals surface area contributed by atoms with Gasteiger partial charge in [-0.05, 0) is 31.5 Å². The van der Waals surface area contributed by atoms with Crippen molar-refractivity contribution in [3.8, 4) is 11.8 Å². The molecule has 0 aromatic heterocycles. The van der Waals surface area contributed by atoms with E-state index in [1.165, 1.54) is 0 Å². The normalized spacial score (nSPS) is 11.9. The third kappa shape index (κ3) is 4.29. The van der Waals surface area contributed by atoms with E-state index in [2.05, 4.69) is 18.0 Å². The summed E-state index contributed by atoms with van der Waals surface area (Å²) in [6, 6.07) is 9.49. The summed E-state index contributed by atoms with van der Waals surface area (Å²) in [5.41, 5.74) is 0.936. The molecule has 0 amide bonds. The van der Waals surface area contributed by atoms with Crippen molar-refractivity contribution in [2.24, 2.45) is 0 Å². The number of rotatable bonds is 6. The quantitative estimate of drug-likeness (QED) is 0.764. The molecule has 0 saturated heterocycles. The molecule has 1 rings (SSSR count). The van der Waals surface area contributed by atoms with Crippen molar-refractivity contribution >= 4 is 0 Å². The third-order valence-corrected chi connectivity index (χ3v) is 2.18. The van der Waals surface area contributed by atoms with Crippen LogP contribution in [0.15, 0.2) is 36.9 Å². The second-order valence-electron chi connectivity index (χ2n) is 3.99. The summed E-state index contributed by atoms with van der Waals surface area (Å²) in [7, 11) is 0. The minimum Gasteiger partial charge on any atom is -0.491 e. The van der Waals surface area contributed by atoms with E-state index in [-0.39, 0.29) is 12.1 Å². The van der Waals surface area contributed by atoms with Crippen molar-refractivity contribution in [1.82, 2.24) is 5.32 Å². The van der Waals surface area contributed by atoms with E-state index in [0.717, 1.165) is 11.3 Å². The van der Waals surface area contributed by atoms with Gasteiger partial charge in [-0.2, -0.15) is 5.26 Å². The van der Waals surface area contributed by atoms with Gasteiger partial charge in [0.25, 0.3) is 0 Å². The third-order valence-electron chi connectivity index (χ3n) is 2.18. The largest absolute Gasteiger partial charge is 0.491 e. The molecule has 17 heavy (non-hydrogen) atoms. The van der Waals surface area contributed by atoms with Crippen LogP contribution in [0.2, 0.25) is 0 Å². The van der Waals surface area contributed by atoms with E-state index in [1.807, 2.05) is 38.1 Å². The van der Waals surface area contributed by atoms with Gasteiger partial charge in [0.05, 0.1) is 12.2 Å². The summed E-state index contributed by atoms with van der Waals surface area (Å²) in [4.78, 5) is 0. The van der Waals surface area contributed by atoms with E-state index in [1.54, 1.807) is 6.08 Å². The van der Waals surface area contributed by atoms with Crippen molar-refractivity contribution in [2.75, 3.05) is 6.54 Å². The van der Waals surface area contributed by atoms with Crippen molar-refractivity contribution in [1.29, 1.82) is 5.26 Å². The zero-order valence-electron chi connectivity index (χ0n) is 10.3. The molecule has 0 radical (unpaired) electrons. The number of ether oxygens (including phenoxy) is 1. The van der Waals surface area contributed by atoms with Crippen molar-refractivity contribution in [2.45, 2.75) is 26.0 Å². The van der Waals surface area contributed by atoms with Crippen LogP contribution in [0.1, 0.15) is 25.5 Å². The molecule has 1 aromatic carbocycles. The number of hydrogen-bond acceptors (Lipinski definition) is 3. The molecule has 1 atom stereocenters. The highest BCUT2D eigenvalue weighted by atomic mass is 16.5. The Kier molecular flexibility index (Phi) is 5.25. The first-order chi connectivity index (χ1) is 8.17. The standard InChI is InChI=1S/C14H18N2O/c1-4-9-16-14(10-15)12-5-7-13(8-6-12)17-11(2)3/h4-8,11,14,16H,1,9H2,2-3H3. The summed E-state index contributed by atoms with van der Waals surface area (Å²) in [5.74, 6) is 0.823. The molecule has 1 unspecified atom stereocenters. The van der Waals surface area contributed by atoms with Crippen molar-refractivity contribution < 1.29 is 4.74 Å². The van der Waals surface area contributed by atoms with Gasteiger partial charge in [0.2, 0.25) is 0 Å². The van der Waals surface area contributed by atoms with Gasteiger partial charge >= 0.3 is 0 Å². The lowest BCUT2D eigenvalue weighted by molar-refractivity contribution is 0.242. The molecule has 90 valence electrons. The number of nitrogens with zero attached hydrogens (tertiary/aromatic N) is 1. The van der Waals surface area contributed by atoms with Gasteiger partial charge in [-0.25, -0.2) is 0 Å². The molecule has 0 aliphatic heterocycles. The smallest absolute Gasteiger partial charge is 0.121 e. The Morgan fingerprint density at radius 1 is 1.41 bits per heavy atom. The van der Waals surface area contributed by atoms with Gasteiger partial charge in [-0.1, -0.05) is 18.2 Å². The second-order valence-corrected chi connectivity index (χ2v) is 3.99. The minimum absolute atomic E-state index is 0.159. The van der Waals surface area contributed by atoms with Crippen LogP contribution in [0.3, 0.4) is 0 Å². The Morgan fingerprint density at radius 3 is 2.53 bits per heavy atom. The maximum absolute atomic E-state index is 9.04. The zero-order chi connectivity index (χ0) is 12.7. The van der Waals surface area contributed by atoms with Gasteiger partial charge in [0, 0.05) is 6.54 Å². The molecule has 3 nitrogen and oxygen atoms in total. The average Bonchev–Trinajstić information content (AvgIpc) is 2.31. The second kappa shape index (κ2) is 6.72. The maximum atomic E-state index is 9.04. The molecule has 0 saturated carbocycles. The predicted octanol–water partition coefficient (Wildman–Crippen LogP) is 2.81. The van der Waals surface area contributed by atoms with Crippen LogP contribution in [0, 0.1) is 11.3 Å². The molecule has 0 spiro atoms. The van der Waals surface area contributed by atoms with Crippen molar-refractivity contribution in [3.05, 3.63) is 42.5 Å². The first kappa shape index (κ1) is 13.3. The summed E-state index contributed by atoms with van der Waals surface area (Å²) in [5, 5.41) is 12.1. The molecule has 0 fully saturated rings. The fraction of sp³-hybridized carbons (Fsp3) is 0.357. The Bertz CT molecular complexity index is 390. The lowest BCUT2D eigenvalue weighted by atomic mass is 10.1. The highest BCUT2D eigenvalue weighted by Crippen LogP contribution is 2.18. The number of benzene rings is 1. The van der Waals surface area contributed by atoms with Crippen LogP contribution in [0.4, 0.5) is 0 Å². The maximum Gasteiger partial charge on any atom is 0.121 e. The fourth-order valence-electron chi connectivity index (χ4n) is 1.45.